The highest BCUT2D eigenvalue weighted by Gasteiger charge is 2.21. The predicted octanol–water partition coefficient (Wildman–Crippen LogP) is 3.47. The number of nitrogens with zero attached hydrogens (tertiary/aromatic N) is 3. The molecule has 0 N–H and O–H groups in total. The Labute approximate surface area is 105 Å². The topological polar surface area (TPSA) is 29.0 Å². The van der Waals surface area contributed by atoms with Crippen LogP contribution in [0.4, 0.5) is 5.95 Å². The first-order valence-corrected chi connectivity index (χ1v) is 6.74. The standard InChI is InChI=1S/C12H19N3.C2H6/c1-9(2)11-4-6-13-12(14-11)15-7-5-10(3)8-15;1-2/h4,6,9-10H,5,7-8H2,1-3H3;1-2H3. The van der Waals surface area contributed by atoms with Crippen LogP contribution in [-0.4, -0.2) is 23.1 Å². The van der Waals surface area contributed by atoms with Gasteiger partial charge in [-0.25, -0.2) is 9.97 Å². The predicted molar refractivity (Wildman–Crippen MR) is 73.5 cm³/mol. The van der Waals surface area contributed by atoms with Crippen LogP contribution in [0.25, 0.3) is 0 Å². The number of aromatic nitrogens is 2. The van der Waals surface area contributed by atoms with Gasteiger partial charge in [0.2, 0.25) is 5.95 Å². The Hall–Kier alpha value is -1.12. The zero-order valence-electron chi connectivity index (χ0n) is 11.8. The van der Waals surface area contributed by atoms with E-state index in [1.807, 2.05) is 26.1 Å². The summed E-state index contributed by atoms with van der Waals surface area (Å²) in [5.41, 5.74) is 1.14. The normalized spacial score (nSPS) is 19.2. The Kier molecular flexibility index (Phi) is 5.39. The molecule has 0 amide bonds. The molecule has 0 radical (unpaired) electrons. The molecule has 1 aromatic heterocycles. The summed E-state index contributed by atoms with van der Waals surface area (Å²) in [6.07, 6.45) is 3.13. The molecular weight excluding hydrogens is 210 g/mol. The Bertz CT molecular complexity index is 336. The van der Waals surface area contributed by atoms with Crippen molar-refractivity contribution in [2.75, 3.05) is 18.0 Å². The number of rotatable bonds is 2. The van der Waals surface area contributed by atoms with E-state index < -0.39 is 0 Å². The monoisotopic (exact) mass is 235 g/mol. The minimum Gasteiger partial charge on any atom is -0.341 e. The maximum atomic E-state index is 4.60. The average Bonchev–Trinajstić information content (AvgIpc) is 2.79. The van der Waals surface area contributed by atoms with Gasteiger partial charge in [-0.3, -0.25) is 0 Å². The summed E-state index contributed by atoms with van der Waals surface area (Å²) in [5, 5.41) is 0. The molecule has 1 unspecified atom stereocenters. The van der Waals surface area contributed by atoms with Crippen LogP contribution in [0.15, 0.2) is 12.3 Å². The van der Waals surface area contributed by atoms with Gasteiger partial charge >= 0.3 is 0 Å². The molecule has 1 aromatic rings. The van der Waals surface area contributed by atoms with Gasteiger partial charge < -0.3 is 4.90 Å². The van der Waals surface area contributed by atoms with Crippen LogP contribution >= 0.6 is 0 Å². The summed E-state index contributed by atoms with van der Waals surface area (Å²) in [6.45, 7) is 12.8. The molecular formula is C14H25N3. The summed E-state index contributed by atoms with van der Waals surface area (Å²) in [6, 6.07) is 2.01. The van der Waals surface area contributed by atoms with Crippen molar-refractivity contribution >= 4 is 5.95 Å². The minimum absolute atomic E-state index is 0.478. The molecule has 2 heterocycles. The molecule has 0 spiro atoms. The largest absolute Gasteiger partial charge is 0.341 e. The Balaban J connectivity index is 0.000000686. The first kappa shape index (κ1) is 13.9. The van der Waals surface area contributed by atoms with Crippen LogP contribution in [0.3, 0.4) is 0 Å². The van der Waals surface area contributed by atoms with Crippen molar-refractivity contribution in [1.29, 1.82) is 0 Å². The van der Waals surface area contributed by atoms with E-state index >= 15 is 0 Å². The number of anilines is 1. The van der Waals surface area contributed by atoms with Crippen molar-refractivity contribution < 1.29 is 0 Å². The van der Waals surface area contributed by atoms with Crippen LogP contribution in [0.1, 0.15) is 52.7 Å². The lowest BCUT2D eigenvalue weighted by atomic mass is 10.1. The third kappa shape index (κ3) is 3.69. The van der Waals surface area contributed by atoms with Crippen molar-refractivity contribution in [2.45, 2.75) is 47.0 Å². The SMILES string of the molecule is CC.CC1CCN(c2nccc(C(C)C)n2)C1. The first-order chi connectivity index (χ1) is 8.16. The molecule has 1 atom stereocenters. The van der Waals surface area contributed by atoms with Crippen molar-refractivity contribution in [3.8, 4) is 0 Å². The Morgan fingerprint density at radius 3 is 2.59 bits per heavy atom. The molecule has 0 saturated carbocycles. The van der Waals surface area contributed by atoms with Gasteiger partial charge in [0.15, 0.2) is 0 Å². The molecule has 0 bridgehead atoms. The second kappa shape index (κ2) is 6.58. The molecule has 1 saturated heterocycles. The van der Waals surface area contributed by atoms with E-state index in [1.165, 1.54) is 6.42 Å². The third-order valence-electron chi connectivity index (χ3n) is 2.96. The highest BCUT2D eigenvalue weighted by atomic mass is 15.3. The molecule has 17 heavy (non-hydrogen) atoms. The van der Waals surface area contributed by atoms with Gasteiger partial charge in [0.05, 0.1) is 0 Å². The van der Waals surface area contributed by atoms with Gasteiger partial charge in [-0.15, -0.1) is 0 Å². The molecule has 2 rings (SSSR count). The van der Waals surface area contributed by atoms with Gasteiger partial charge in [-0.1, -0.05) is 34.6 Å². The highest BCUT2D eigenvalue weighted by Crippen LogP contribution is 2.21. The van der Waals surface area contributed by atoms with Gasteiger partial charge in [-0.05, 0) is 24.3 Å². The summed E-state index contributed by atoms with van der Waals surface area (Å²) >= 11 is 0. The van der Waals surface area contributed by atoms with E-state index in [-0.39, 0.29) is 0 Å². The van der Waals surface area contributed by atoms with E-state index in [1.54, 1.807) is 0 Å². The minimum atomic E-state index is 0.478. The van der Waals surface area contributed by atoms with E-state index in [0.29, 0.717) is 5.92 Å². The fourth-order valence-corrected chi connectivity index (χ4v) is 1.95. The number of hydrogen-bond acceptors (Lipinski definition) is 3. The fourth-order valence-electron chi connectivity index (χ4n) is 1.95. The zero-order chi connectivity index (χ0) is 12.8. The molecule has 1 aliphatic rings. The smallest absolute Gasteiger partial charge is 0.225 e. The Morgan fingerprint density at radius 1 is 1.35 bits per heavy atom. The molecule has 0 aromatic carbocycles. The van der Waals surface area contributed by atoms with Crippen molar-refractivity contribution in [1.82, 2.24) is 9.97 Å². The lowest BCUT2D eigenvalue weighted by molar-refractivity contribution is 0.657. The van der Waals surface area contributed by atoms with Gasteiger partial charge in [0, 0.05) is 25.0 Å². The average molecular weight is 235 g/mol. The molecule has 3 heteroatoms. The maximum absolute atomic E-state index is 4.60. The van der Waals surface area contributed by atoms with Gasteiger partial charge in [0.1, 0.15) is 0 Å². The lowest BCUT2D eigenvalue weighted by Crippen LogP contribution is -2.22. The van der Waals surface area contributed by atoms with Crippen LogP contribution in [0.5, 0.6) is 0 Å². The van der Waals surface area contributed by atoms with Crippen LogP contribution in [0, 0.1) is 5.92 Å². The van der Waals surface area contributed by atoms with Crippen LogP contribution in [-0.2, 0) is 0 Å². The second-order valence-electron chi connectivity index (χ2n) is 4.78. The van der Waals surface area contributed by atoms with E-state index in [4.69, 9.17) is 0 Å². The summed E-state index contributed by atoms with van der Waals surface area (Å²) in [4.78, 5) is 11.2. The number of hydrogen-bond donors (Lipinski definition) is 0. The van der Waals surface area contributed by atoms with E-state index in [2.05, 4.69) is 35.6 Å². The van der Waals surface area contributed by atoms with E-state index in [9.17, 15) is 0 Å². The van der Waals surface area contributed by atoms with Gasteiger partial charge in [0.25, 0.3) is 0 Å². The van der Waals surface area contributed by atoms with Crippen LogP contribution < -0.4 is 4.90 Å². The maximum Gasteiger partial charge on any atom is 0.225 e. The van der Waals surface area contributed by atoms with Crippen LogP contribution in [0.2, 0.25) is 0 Å². The lowest BCUT2D eigenvalue weighted by Gasteiger charge is -2.16. The second-order valence-corrected chi connectivity index (χ2v) is 4.78. The van der Waals surface area contributed by atoms with Crippen molar-refractivity contribution in [2.24, 2.45) is 5.92 Å². The molecule has 96 valence electrons. The summed E-state index contributed by atoms with van der Waals surface area (Å²) < 4.78 is 0. The molecule has 1 aliphatic heterocycles. The summed E-state index contributed by atoms with van der Waals surface area (Å²) in [7, 11) is 0. The zero-order valence-corrected chi connectivity index (χ0v) is 11.8. The van der Waals surface area contributed by atoms with E-state index in [0.717, 1.165) is 30.6 Å². The molecule has 1 fully saturated rings. The molecule has 3 nitrogen and oxygen atoms in total. The Morgan fingerprint density at radius 2 is 2.06 bits per heavy atom. The van der Waals surface area contributed by atoms with Crippen molar-refractivity contribution in [3.05, 3.63) is 18.0 Å². The summed E-state index contributed by atoms with van der Waals surface area (Å²) in [5.74, 6) is 2.16. The highest BCUT2D eigenvalue weighted by molar-refractivity contribution is 5.32. The molecule has 0 aliphatic carbocycles. The van der Waals surface area contributed by atoms with Gasteiger partial charge in [-0.2, -0.15) is 0 Å². The van der Waals surface area contributed by atoms with Crippen molar-refractivity contribution in [3.63, 3.8) is 0 Å². The third-order valence-corrected chi connectivity index (χ3v) is 2.96. The fraction of sp³-hybridized carbons (Fsp3) is 0.714. The quantitative estimate of drug-likeness (QED) is 0.786. The first-order valence-electron chi connectivity index (χ1n) is 6.74.